The van der Waals surface area contributed by atoms with Crippen molar-refractivity contribution in [3.63, 3.8) is 0 Å². The molecule has 0 aromatic heterocycles. The third-order valence-electron chi connectivity index (χ3n) is 3.35. The van der Waals surface area contributed by atoms with Gasteiger partial charge >= 0.3 is 0 Å². The molecule has 0 heterocycles. The number of halogens is 1. The molecule has 2 rings (SSSR count). The molecule has 2 aromatic rings. The van der Waals surface area contributed by atoms with Crippen molar-refractivity contribution >= 4 is 34.2 Å². The van der Waals surface area contributed by atoms with E-state index in [0.717, 1.165) is 16.8 Å². The number of hydrogen-bond acceptors (Lipinski definition) is 3. The molecule has 0 spiro atoms. The van der Waals surface area contributed by atoms with Crippen LogP contribution in [-0.4, -0.2) is 20.1 Å². The van der Waals surface area contributed by atoms with Crippen LogP contribution in [0.25, 0.3) is 0 Å². The standard InChI is InChI=1S/C17H18INO3/c1-10-7-12(8-11(2)16(10)18)19-17(20)14-6-5-13(21-3)9-15(14)22-4/h5-9H,1-4H3,(H,19,20). The maximum Gasteiger partial charge on any atom is 0.259 e. The molecule has 0 aliphatic heterocycles. The summed E-state index contributed by atoms with van der Waals surface area (Å²) >= 11 is 2.30. The van der Waals surface area contributed by atoms with Gasteiger partial charge in [-0.25, -0.2) is 0 Å². The molecule has 0 bridgehead atoms. The largest absolute Gasteiger partial charge is 0.497 e. The van der Waals surface area contributed by atoms with Gasteiger partial charge in [0.25, 0.3) is 5.91 Å². The first-order valence-corrected chi connectivity index (χ1v) is 7.84. The molecule has 0 saturated carbocycles. The lowest BCUT2D eigenvalue weighted by Crippen LogP contribution is -2.13. The van der Waals surface area contributed by atoms with Gasteiger partial charge in [-0.3, -0.25) is 4.79 Å². The second kappa shape index (κ2) is 7.00. The Morgan fingerprint density at radius 3 is 2.23 bits per heavy atom. The lowest BCUT2D eigenvalue weighted by atomic mass is 10.1. The summed E-state index contributed by atoms with van der Waals surface area (Å²) in [6.45, 7) is 4.05. The van der Waals surface area contributed by atoms with Crippen molar-refractivity contribution in [1.29, 1.82) is 0 Å². The maximum absolute atomic E-state index is 12.5. The van der Waals surface area contributed by atoms with Crippen LogP contribution < -0.4 is 14.8 Å². The quantitative estimate of drug-likeness (QED) is 0.769. The highest BCUT2D eigenvalue weighted by Gasteiger charge is 2.14. The summed E-state index contributed by atoms with van der Waals surface area (Å²) in [6.07, 6.45) is 0. The Bertz CT molecular complexity index is 690. The Hall–Kier alpha value is -1.76. The smallest absolute Gasteiger partial charge is 0.259 e. The van der Waals surface area contributed by atoms with Crippen molar-refractivity contribution in [2.45, 2.75) is 13.8 Å². The van der Waals surface area contributed by atoms with E-state index >= 15 is 0 Å². The van der Waals surface area contributed by atoms with Gasteiger partial charge in [0, 0.05) is 15.3 Å². The Morgan fingerprint density at radius 1 is 1.05 bits per heavy atom. The van der Waals surface area contributed by atoms with Gasteiger partial charge in [0.15, 0.2) is 0 Å². The second-order valence-corrected chi connectivity index (χ2v) is 6.02. The summed E-state index contributed by atoms with van der Waals surface area (Å²) in [4.78, 5) is 12.5. The molecule has 0 atom stereocenters. The summed E-state index contributed by atoms with van der Waals surface area (Å²) in [5, 5.41) is 2.92. The van der Waals surface area contributed by atoms with E-state index in [1.54, 1.807) is 25.3 Å². The molecule has 0 unspecified atom stereocenters. The van der Waals surface area contributed by atoms with E-state index in [1.165, 1.54) is 10.7 Å². The Labute approximate surface area is 144 Å². The van der Waals surface area contributed by atoms with Gasteiger partial charge in [0.05, 0.1) is 19.8 Å². The zero-order valence-corrected chi connectivity index (χ0v) is 15.1. The van der Waals surface area contributed by atoms with Crippen molar-refractivity contribution < 1.29 is 14.3 Å². The first-order valence-electron chi connectivity index (χ1n) is 6.76. The number of benzene rings is 2. The fourth-order valence-electron chi connectivity index (χ4n) is 2.20. The molecular weight excluding hydrogens is 393 g/mol. The number of rotatable bonds is 4. The third-order valence-corrected chi connectivity index (χ3v) is 5.05. The molecule has 0 aliphatic carbocycles. The Morgan fingerprint density at radius 2 is 1.68 bits per heavy atom. The van der Waals surface area contributed by atoms with Crippen molar-refractivity contribution in [1.82, 2.24) is 0 Å². The number of carbonyl (C=O) groups is 1. The summed E-state index contributed by atoms with van der Waals surface area (Å²) in [7, 11) is 3.11. The van der Waals surface area contributed by atoms with Crippen LogP contribution in [0.2, 0.25) is 0 Å². The van der Waals surface area contributed by atoms with E-state index in [4.69, 9.17) is 9.47 Å². The van der Waals surface area contributed by atoms with Crippen LogP contribution in [0.4, 0.5) is 5.69 Å². The fourth-order valence-corrected chi connectivity index (χ4v) is 2.51. The number of carbonyl (C=O) groups excluding carboxylic acids is 1. The summed E-state index contributed by atoms with van der Waals surface area (Å²) in [6, 6.07) is 9.05. The van der Waals surface area contributed by atoms with E-state index in [2.05, 4.69) is 27.9 Å². The zero-order chi connectivity index (χ0) is 16.3. The van der Waals surface area contributed by atoms with Crippen molar-refractivity contribution in [2.75, 3.05) is 19.5 Å². The van der Waals surface area contributed by atoms with Gasteiger partial charge < -0.3 is 14.8 Å². The minimum absolute atomic E-state index is 0.209. The Kier molecular flexibility index (Phi) is 5.28. The van der Waals surface area contributed by atoms with Gasteiger partial charge in [0.1, 0.15) is 11.5 Å². The van der Waals surface area contributed by atoms with Crippen LogP contribution in [0.5, 0.6) is 11.5 Å². The number of amides is 1. The van der Waals surface area contributed by atoms with E-state index < -0.39 is 0 Å². The highest BCUT2D eigenvalue weighted by Crippen LogP contribution is 2.26. The normalized spacial score (nSPS) is 10.2. The number of nitrogens with one attached hydrogen (secondary N) is 1. The Balaban J connectivity index is 2.29. The molecule has 0 aliphatic rings. The van der Waals surface area contributed by atoms with Gasteiger partial charge in [-0.05, 0) is 71.8 Å². The van der Waals surface area contributed by atoms with E-state index in [1.807, 2.05) is 26.0 Å². The van der Waals surface area contributed by atoms with Gasteiger partial charge in [-0.15, -0.1) is 0 Å². The highest BCUT2D eigenvalue weighted by molar-refractivity contribution is 14.1. The van der Waals surface area contributed by atoms with E-state index in [9.17, 15) is 4.79 Å². The van der Waals surface area contributed by atoms with E-state index in [-0.39, 0.29) is 5.91 Å². The second-order valence-electron chi connectivity index (χ2n) is 4.94. The maximum atomic E-state index is 12.5. The minimum atomic E-state index is -0.209. The first-order chi connectivity index (χ1) is 10.5. The molecule has 0 radical (unpaired) electrons. The molecule has 1 N–H and O–H groups in total. The number of aryl methyl sites for hydroxylation is 2. The van der Waals surface area contributed by atoms with Crippen LogP contribution >= 0.6 is 22.6 Å². The molecule has 0 saturated heterocycles. The van der Waals surface area contributed by atoms with E-state index in [0.29, 0.717) is 17.1 Å². The van der Waals surface area contributed by atoms with Crippen LogP contribution in [-0.2, 0) is 0 Å². The number of ether oxygens (including phenoxy) is 2. The third kappa shape index (κ3) is 3.52. The zero-order valence-electron chi connectivity index (χ0n) is 13.0. The molecule has 5 heteroatoms. The summed E-state index contributed by atoms with van der Waals surface area (Å²) in [5.74, 6) is 0.921. The predicted octanol–water partition coefficient (Wildman–Crippen LogP) is 4.18. The molecular formula is C17H18INO3. The topological polar surface area (TPSA) is 47.6 Å². The molecule has 0 fully saturated rings. The summed E-state index contributed by atoms with van der Waals surface area (Å²) in [5.41, 5.74) is 3.52. The number of hydrogen-bond donors (Lipinski definition) is 1. The van der Waals surface area contributed by atoms with Crippen LogP contribution in [0, 0.1) is 17.4 Å². The first kappa shape index (κ1) is 16.6. The lowest BCUT2D eigenvalue weighted by Gasteiger charge is -2.12. The van der Waals surface area contributed by atoms with Crippen molar-refractivity contribution in [3.8, 4) is 11.5 Å². The van der Waals surface area contributed by atoms with Gasteiger partial charge in [-0.2, -0.15) is 0 Å². The monoisotopic (exact) mass is 411 g/mol. The predicted molar refractivity (Wildman–Crippen MR) is 96.1 cm³/mol. The number of methoxy groups -OCH3 is 2. The van der Waals surface area contributed by atoms with Crippen molar-refractivity contribution in [2.24, 2.45) is 0 Å². The average Bonchev–Trinajstić information content (AvgIpc) is 2.51. The molecule has 2 aromatic carbocycles. The van der Waals surface area contributed by atoms with Crippen molar-refractivity contribution in [3.05, 3.63) is 50.6 Å². The fraction of sp³-hybridized carbons (Fsp3) is 0.235. The van der Waals surface area contributed by atoms with Crippen LogP contribution in [0.1, 0.15) is 21.5 Å². The molecule has 1 amide bonds. The highest BCUT2D eigenvalue weighted by atomic mass is 127. The lowest BCUT2D eigenvalue weighted by molar-refractivity contribution is 0.102. The van der Waals surface area contributed by atoms with Crippen LogP contribution in [0.3, 0.4) is 0 Å². The molecule has 116 valence electrons. The number of anilines is 1. The molecule has 22 heavy (non-hydrogen) atoms. The molecule has 4 nitrogen and oxygen atoms in total. The van der Waals surface area contributed by atoms with Gasteiger partial charge in [-0.1, -0.05) is 0 Å². The minimum Gasteiger partial charge on any atom is -0.497 e. The average molecular weight is 411 g/mol. The SMILES string of the molecule is COc1ccc(C(=O)Nc2cc(C)c(I)c(C)c2)c(OC)c1. The van der Waals surface area contributed by atoms with Gasteiger partial charge in [0.2, 0.25) is 0 Å². The van der Waals surface area contributed by atoms with Crippen LogP contribution in [0.15, 0.2) is 30.3 Å². The summed E-state index contributed by atoms with van der Waals surface area (Å²) < 4.78 is 11.6.